The number of hydrogen-bond donors (Lipinski definition) is 3. The maximum absolute atomic E-state index is 12.2. The molecule has 32 heavy (non-hydrogen) atoms. The average Bonchev–Trinajstić information content (AvgIpc) is 2.80. The van der Waals surface area contributed by atoms with Gasteiger partial charge in [0.15, 0.2) is 0 Å². The van der Waals surface area contributed by atoms with Crippen molar-refractivity contribution in [2.24, 2.45) is 5.14 Å². The van der Waals surface area contributed by atoms with Crippen molar-refractivity contribution in [1.82, 2.24) is 15.0 Å². The first-order valence-electron chi connectivity index (χ1n) is 9.43. The van der Waals surface area contributed by atoms with E-state index in [1.54, 1.807) is 54.9 Å². The maximum atomic E-state index is 12.2. The lowest BCUT2D eigenvalue weighted by atomic mass is 10.1. The van der Waals surface area contributed by atoms with E-state index in [0.717, 1.165) is 5.56 Å². The summed E-state index contributed by atoms with van der Waals surface area (Å²) in [6, 6.07) is 18.4. The second-order valence-electron chi connectivity index (χ2n) is 6.73. The number of nitrogens with one attached hydrogen (secondary N) is 2. The molecule has 9 nitrogen and oxygen atoms in total. The van der Waals surface area contributed by atoms with Gasteiger partial charge in [0.05, 0.1) is 16.2 Å². The van der Waals surface area contributed by atoms with Crippen LogP contribution in [0.1, 0.15) is 10.4 Å². The standard InChI is InChI=1S/C22H18N6O3S/c23-32(30,31)19-9-7-18(8-10-19)27-22-25-13-11-20(28-22)15-3-5-17(6-4-15)26-21(29)16-2-1-12-24-14-16/h1-14H,(H,26,29)(H2,23,30,31)(H,25,27,28). The van der Waals surface area contributed by atoms with E-state index in [0.29, 0.717) is 28.6 Å². The molecule has 0 saturated heterocycles. The van der Waals surface area contributed by atoms with E-state index in [9.17, 15) is 13.2 Å². The third kappa shape index (κ3) is 5.12. The largest absolute Gasteiger partial charge is 0.324 e. The van der Waals surface area contributed by atoms with Crippen LogP contribution in [0.15, 0.2) is 90.2 Å². The fourth-order valence-corrected chi connectivity index (χ4v) is 3.38. The highest BCUT2D eigenvalue weighted by Gasteiger charge is 2.09. The minimum absolute atomic E-state index is 0.0217. The summed E-state index contributed by atoms with van der Waals surface area (Å²) in [4.78, 5) is 24.9. The maximum Gasteiger partial charge on any atom is 0.257 e. The number of benzene rings is 2. The Labute approximate surface area is 184 Å². The van der Waals surface area contributed by atoms with Crippen LogP contribution in [0.5, 0.6) is 0 Å². The molecule has 0 spiro atoms. The first kappa shape index (κ1) is 21.1. The molecule has 0 aliphatic rings. The molecule has 0 aliphatic heterocycles. The molecular formula is C22H18N6O3S. The molecule has 0 unspecified atom stereocenters. The van der Waals surface area contributed by atoms with Crippen LogP contribution in [0, 0.1) is 0 Å². The number of nitrogens with two attached hydrogens (primary N) is 1. The number of sulfonamides is 1. The number of carbonyl (C=O) groups excluding carboxylic acids is 1. The quantitative estimate of drug-likeness (QED) is 0.413. The molecule has 10 heteroatoms. The smallest absolute Gasteiger partial charge is 0.257 e. The van der Waals surface area contributed by atoms with Crippen molar-refractivity contribution < 1.29 is 13.2 Å². The summed E-state index contributed by atoms with van der Waals surface area (Å²) in [6.45, 7) is 0. The number of primary sulfonamides is 1. The summed E-state index contributed by atoms with van der Waals surface area (Å²) >= 11 is 0. The zero-order valence-electron chi connectivity index (χ0n) is 16.6. The zero-order valence-corrected chi connectivity index (χ0v) is 17.5. The third-order valence-electron chi connectivity index (χ3n) is 4.46. The van der Waals surface area contributed by atoms with Crippen LogP contribution in [0.4, 0.5) is 17.3 Å². The van der Waals surface area contributed by atoms with Crippen molar-refractivity contribution in [3.63, 3.8) is 0 Å². The Morgan fingerprint density at radius 1 is 0.875 bits per heavy atom. The summed E-state index contributed by atoms with van der Waals surface area (Å²) in [5.41, 5.74) is 3.24. The van der Waals surface area contributed by atoms with Gasteiger partial charge in [0.25, 0.3) is 5.91 Å². The van der Waals surface area contributed by atoms with E-state index in [1.807, 2.05) is 12.1 Å². The Balaban J connectivity index is 1.46. The SMILES string of the molecule is NS(=O)(=O)c1ccc(Nc2nccc(-c3ccc(NC(=O)c4cccnc4)cc3)n2)cc1. The molecule has 0 atom stereocenters. The van der Waals surface area contributed by atoms with Crippen molar-refractivity contribution in [1.29, 1.82) is 0 Å². The number of amides is 1. The van der Waals surface area contributed by atoms with Gasteiger partial charge in [-0.3, -0.25) is 9.78 Å². The fourth-order valence-electron chi connectivity index (χ4n) is 2.86. The molecule has 0 bridgehead atoms. The van der Waals surface area contributed by atoms with Crippen molar-refractivity contribution >= 4 is 33.3 Å². The Bertz CT molecular complexity index is 1340. The van der Waals surface area contributed by atoms with Crippen molar-refractivity contribution in [2.75, 3.05) is 10.6 Å². The Hall–Kier alpha value is -4.15. The second kappa shape index (κ2) is 8.92. The summed E-state index contributed by atoms with van der Waals surface area (Å²) in [5.74, 6) is 0.104. The fraction of sp³-hybridized carbons (Fsp3) is 0. The number of anilines is 3. The summed E-state index contributed by atoms with van der Waals surface area (Å²) in [5, 5.41) is 11.0. The van der Waals surface area contributed by atoms with E-state index >= 15 is 0 Å². The Kier molecular flexibility index (Phi) is 5.88. The molecule has 0 fully saturated rings. The van der Waals surface area contributed by atoms with Crippen molar-refractivity contribution in [3.05, 3.63) is 90.9 Å². The van der Waals surface area contributed by atoms with E-state index in [4.69, 9.17) is 5.14 Å². The number of hydrogen-bond acceptors (Lipinski definition) is 7. The summed E-state index contributed by atoms with van der Waals surface area (Å²) in [7, 11) is -3.75. The van der Waals surface area contributed by atoms with Crippen LogP contribution in [-0.2, 0) is 10.0 Å². The zero-order chi connectivity index (χ0) is 22.6. The molecule has 2 aromatic carbocycles. The van der Waals surface area contributed by atoms with Crippen LogP contribution in [0.2, 0.25) is 0 Å². The summed E-state index contributed by atoms with van der Waals surface area (Å²) < 4.78 is 22.7. The molecule has 160 valence electrons. The van der Waals surface area contributed by atoms with Crippen LogP contribution >= 0.6 is 0 Å². The molecule has 2 aromatic heterocycles. The molecule has 0 aliphatic carbocycles. The van der Waals surface area contributed by atoms with Crippen molar-refractivity contribution in [3.8, 4) is 11.3 Å². The Morgan fingerprint density at radius 2 is 1.59 bits per heavy atom. The van der Waals surface area contributed by atoms with Gasteiger partial charge in [-0.25, -0.2) is 23.5 Å². The van der Waals surface area contributed by atoms with E-state index in [2.05, 4.69) is 25.6 Å². The van der Waals surface area contributed by atoms with E-state index < -0.39 is 10.0 Å². The second-order valence-corrected chi connectivity index (χ2v) is 8.29. The molecule has 1 amide bonds. The summed E-state index contributed by atoms with van der Waals surface area (Å²) in [6.07, 6.45) is 4.72. The van der Waals surface area contributed by atoms with Gasteiger partial charge in [-0.1, -0.05) is 12.1 Å². The van der Waals surface area contributed by atoms with Gasteiger partial charge in [-0.2, -0.15) is 0 Å². The number of pyridine rings is 1. The van der Waals surface area contributed by atoms with Gasteiger partial charge >= 0.3 is 0 Å². The van der Waals surface area contributed by atoms with Gasteiger partial charge in [-0.05, 0) is 54.6 Å². The number of nitrogens with zero attached hydrogens (tertiary/aromatic N) is 3. The lowest BCUT2D eigenvalue weighted by Gasteiger charge is -2.09. The van der Waals surface area contributed by atoms with Crippen LogP contribution in [-0.4, -0.2) is 29.3 Å². The lowest BCUT2D eigenvalue weighted by molar-refractivity contribution is 0.102. The minimum Gasteiger partial charge on any atom is -0.324 e. The number of carbonyl (C=O) groups is 1. The molecular weight excluding hydrogens is 428 g/mol. The van der Waals surface area contributed by atoms with Crippen LogP contribution in [0.25, 0.3) is 11.3 Å². The van der Waals surface area contributed by atoms with Gasteiger partial charge in [0.2, 0.25) is 16.0 Å². The predicted molar refractivity (Wildman–Crippen MR) is 121 cm³/mol. The topological polar surface area (TPSA) is 140 Å². The minimum atomic E-state index is -3.75. The third-order valence-corrected chi connectivity index (χ3v) is 5.39. The van der Waals surface area contributed by atoms with Gasteiger partial charge in [0, 0.05) is 35.5 Å². The Morgan fingerprint density at radius 3 is 2.25 bits per heavy atom. The van der Waals surface area contributed by atoms with Gasteiger partial charge < -0.3 is 10.6 Å². The molecule has 4 rings (SSSR count). The number of rotatable bonds is 6. The van der Waals surface area contributed by atoms with Crippen LogP contribution < -0.4 is 15.8 Å². The predicted octanol–water partition coefficient (Wildman–Crippen LogP) is 3.18. The van der Waals surface area contributed by atoms with Crippen molar-refractivity contribution in [2.45, 2.75) is 4.90 Å². The average molecular weight is 446 g/mol. The molecule has 0 radical (unpaired) electrons. The normalized spacial score (nSPS) is 11.0. The molecule has 2 heterocycles. The van der Waals surface area contributed by atoms with Gasteiger partial charge in [-0.15, -0.1) is 0 Å². The van der Waals surface area contributed by atoms with E-state index in [-0.39, 0.29) is 10.8 Å². The highest BCUT2D eigenvalue weighted by Crippen LogP contribution is 2.22. The molecule has 4 aromatic rings. The highest BCUT2D eigenvalue weighted by atomic mass is 32.2. The molecule has 4 N–H and O–H groups in total. The highest BCUT2D eigenvalue weighted by molar-refractivity contribution is 7.89. The van der Waals surface area contributed by atoms with Crippen LogP contribution in [0.3, 0.4) is 0 Å². The van der Waals surface area contributed by atoms with E-state index in [1.165, 1.54) is 18.3 Å². The first-order chi connectivity index (χ1) is 15.4. The number of aromatic nitrogens is 3. The monoisotopic (exact) mass is 446 g/mol. The van der Waals surface area contributed by atoms with Gasteiger partial charge in [0.1, 0.15) is 0 Å². The first-order valence-corrected chi connectivity index (χ1v) is 11.0. The lowest BCUT2D eigenvalue weighted by Crippen LogP contribution is -2.11. The molecule has 0 saturated carbocycles.